The maximum atomic E-state index is 12.3. The molecule has 19 heavy (non-hydrogen) atoms. The van der Waals surface area contributed by atoms with Crippen LogP contribution in [0.2, 0.25) is 0 Å². The third-order valence-corrected chi connectivity index (χ3v) is 4.88. The number of carbonyl (C=O) groups excluding carboxylic acids is 1. The number of hydrogen-bond acceptors (Lipinski definition) is 3. The molecule has 4 heteroatoms. The Kier molecular flexibility index (Phi) is 3.27. The van der Waals surface area contributed by atoms with Crippen LogP contribution in [-0.2, 0) is 11.3 Å². The Bertz CT molecular complexity index is 486. The lowest BCUT2D eigenvalue weighted by Crippen LogP contribution is -2.45. The molecule has 0 spiro atoms. The van der Waals surface area contributed by atoms with E-state index >= 15 is 0 Å². The molecule has 102 valence electrons. The minimum Gasteiger partial charge on any atom is -0.352 e. The Morgan fingerprint density at radius 3 is 2.95 bits per heavy atom. The van der Waals surface area contributed by atoms with Crippen LogP contribution in [0, 0.1) is 24.7 Å². The molecule has 1 aromatic rings. The largest absolute Gasteiger partial charge is 0.352 e. The Hall–Kier alpha value is -1.42. The summed E-state index contributed by atoms with van der Waals surface area (Å²) in [6, 6.07) is 2.03. The van der Waals surface area contributed by atoms with Gasteiger partial charge in [-0.15, -0.1) is 0 Å². The van der Waals surface area contributed by atoms with E-state index in [9.17, 15) is 4.79 Å². The van der Waals surface area contributed by atoms with Crippen LogP contribution in [0.3, 0.4) is 0 Å². The Labute approximate surface area is 113 Å². The van der Waals surface area contributed by atoms with Gasteiger partial charge in [0.05, 0.1) is 5.92 Å². The van der Waals surface area contributed by atoms with Gasteiger partial charge in [-0.2, -0.15) is 0 Å². The molecular weight excluding hydrogens is 238 g/mol. The van der Waals surface area contributed by atoms with Crippen LogP contribution in [0.15, 0.2) is 18.5 Å². The molecule has 1 amide bonds. The minimum atomic E-state index is 0.0238. The van der Waals surface area contributed by atoms with Crippen LogP contribution in [0.1, 0.15) is 30.4 Å². The molecule has 0 radical (unpaired) electrons. The summed E-state index contributed by atoms with van der Waals surface area (Å²) in [6.45, 7) is 2.59. The molecule has 2 aliphatic rings. The zero-order chi connectivity index (χ0) is 13.4. The highest BCUT2D eigenvalue weighted by molar-refractivity contribution is 5.80. The fraction of sp³-hybridized carbons (Fsp3) is 0.600. The standard InChI is InChI=1S/C15H21N3O/c1-9-4-5-17-7-12(9)8-18-15(19)13-10-2-3-11(6-10)14(13)16/h4-5,7,10-11,13-14H,2-3,6,8,16H2,1H3,(H,18,19). The normalized spacial score (nSPS) is 32.5. The minimum absolute atomic E-state index is 0.0238. The fourth-order valence-corrected chi connectivity index (χ4v) is 3.71. The van der Waals surface area contributed by atoms with Gasteiger partial charge < -0.3 is 11.1 Å². The van der Waals surface area contributed by atoms with Crippen molar-refractivity contribution < 1.29 is 4.79 Å². The van der Waals surface area contributed by atoms with Gasteiger partial charge in [0.25, 0.3) is 0 Å². The third-order valence-electron chi connectivity index (χ3n) is 4.88. The molecule has 4 unspecified atom stereocenters. The van der Waals surface area contributed by atoms with Crippen molar-refractivity contribution in [3.63, 3.8) is 0 Å². The van der Waals surface area contributed by atoms with E-state index in [2.05, 4.69) is 10.3 Å². The number of fused-ring (bicyclic) bond motifs is 2. The highest BCUT2D eigenvalue weighted by Gasteiger charge is 2.48. The van der Waals surface area contributed by atoms with Crippen LogP contribution in [0.4, 0.5) is 0 Å². The van der Waals surface area contributed by atoms with Gasteiger partial charge in [0.2, 0.25) is 5.91 Å². The Morgan fingerprint density at radius 1 is 1.47 bits per heavy atom. The van der Waals surface area contributed by atoms with Crippen molar-refractivity contribution in [3.8, 4) is 0 Å². The van der Waals surface area contributed by atoms with Crippen molar-refractivity contribution in [2.24, 2.45) is 23.5 Å². The van der Waals surface area contributed by atoms with E-state index in [0.29, 0.717) is 18.4 Å². The molecule has 3 N–H and O–H groups in total. The second-order valence-electron chi connectivity index (χ2n) is 5.96. The summed E-state index contributed by atoms with van der Waals surface area (Å²) in [6.07, 6.45) is 7.10. The van der Waals surface area contributed by atoms with E-state index in [1.165, 1.54) is 12.8 Å². The zero-order valence-corrected chi connectivity index (χ0v) is 11.3. The molecule has 0 saturated heterocycles. The lowest BCUT2D eigenvalue weighted by molar-refractivity contribution is -0.127. The molecule has 1 aromatic heterocycles. The van der Waals surface area contributed by atoms with E-state index in [-0.39, 0.29) is 17.9 Å². The molecule has 0 aliphatic heterocycles. The topological polar surface area (TPSA) is 68.0 Å². The van der Waals surface area contributed by atoms with E-state index < -0.39 is 0 Å². The smallest absolute Gasteiger partial charge is 0.225 e. The summed E-state index contributed by atoms with van der Waals surface area (Å²) in [4.78, 5) is 16.4. The van der Waals surface area contributed by atoms with Gasteiger partial charge >= 0.3 is 0 Å². The number of nitrogens with one attached hydrogen (secondary N) is 1. The average Bonchev–Trinajstić information content (AvgIpc) is 2.98. The average molecular weight is 259 g/mol. The van der Waals surface area contributed by atoms with Crippen LogP contribution in [-0.4, -0.2) is 16.9 Å². The predicted octanol–water partition coefficient (Wildman–Crippen LogP) is 1.38. The van der Waals surface area contributed by atoms with Gasteiger partial charge in [-0.1, -0.05) is 0 Å². The summed E-state index contributed by atoms with van der Waals surface area (Å²) in [5.41, 5.74) is 8.43. The van der Waals surface area contributed by atoms with Gasteiger partial charge in [-0.05, 0) is 55.2 Å². The van der Waals surface area contributed by atoms with E-state index in [0.717, 1.165) is 17.5 Å². The SMILES string of the molecule is Cc1ccncc1CNC(=O)C1C2CCC(C2)C1N. The van der Waals surface area contributed by atoms with Gasteiger partial charge in [-0.3, -0.25) is 9.78 Å². The maximum absolute atomic E-state index is 12.3. The molecular formula is C15H21N3O. The Morgan fingerprint density at radius 2 is 2.26 bits per heavy atom. The molecule has 0 aromatic carbocycles. The molecule has 4 atom stereocenters. The number of aromatic nitrogens is 1. The summed E-state index contributed by atoms with van der Waals surface area (Å²) < 4.78 is 0. The molecule has 2 fully saturated rings. The maximum Gasteiger partial charge on any atom is 0.225 e. The van der Waals surface area contributed by atoms with E-state index in [1.54, 1.807) is 6.20 Å². The summed E-state index contributed by atoms with van der Waals surface area (Å²) in [5, 5.41) is 3.04. The molecule has 1 heterocycles. The van der Waals surface area contributed by atoms with Crippen molar-refractivity contribution >= 4 is 5.91 Å². The van der Waals surface area contributed by atoms with Crippen LogP contribution in [0.5, 0.6) is 0 Å². The van der Waals surface area contributed by atoms with Crippen molar-refractivity contribution in [3.05, 3.63) is 29.6 Å². The van der Waals surface area contributed by atoms with Gasteiger partial charge in [0.15, 0.2) is 0 Å². The number of pyridine rings is 1. The highest BCUT2D eigenvalue weighted by atomic mass is 16.1. The van der Waals surface area contributed by atoms with Gasteiger partial charge in [0.1, 0.15) is 0 Å². The summed E-state index contributed by atoms with van der Waals surface area (Å²) in [5.74, 6) is 1.23. The summed E-state index contributed by atoms with van der Waals surface area (Å²) >= 11 is 0. The molecule has 4 nitrogen and oxygen atoms in total. The van der Waals surface area contributed by atoms with Crippen LogP contribution < -0.4 is 11.1 Å². The van der Waals surface area contributed by atoms with Crippen molar-refractivity contribution in [1.29, 1.82) is 0 Å². The van der Waals surface area contributed by atoms with Crippen molar-refractivity contribution in [2.75, 3.05) is 0 Å². The Balaban J connectivity index is 1.62. The number of nitrogens with two attached hydrogens (primary N) is 1. The number of nitrogens with zero attached hydrogens (tertiary/aromatic N) is 1. The fourth-order valence-electron chi connectivity index (χ4n) is 3.71. The van der Waals surface area contributed by atoms with Crippen molar-refractivity contribution in [2.45, 2.75) is 38.8 Å². The van der Waals surface area contributed by atoms with Gasteiger partial charge in [-0.25, -0.2) is 0 Å². The number of amides is 1. The second kappa shape index (κ2) is 4.93. The predicted molar refractivity (Wildman–Crippen MR) is 73.1 cm³/mol. The first kappa shape index (κ1) is 12.6. The first-order valence-electron chi connectivity index (χ1n) is 7.09. The number of rotatable bonds is 3. The molecule has 2 bridgehead atoms. The highest BCUT2D eigenvalue weighted by Crippen LogP contribution is 2.47. The lowest BCUT2D eigenvalue weighted by Gasteiger charge is -2.27. The van der Waals surface area contributed by atoms with Crippen LogP contribution in [0.25, 0.3) is 0 Å². The van der Waals surface area contributed by atoms with Crippen LogP contribution >= 0.6 is 0 Å². The molecule has 2 aliphatic carbocycles. The first-order valence-corrected chi connectivity index (χ1v) is 7.09. The number of carbonyl (C=O) groups is 1. The first-order chi connectivity index (χ1) is 9.16. The second-order valence-corrected chi connectivity index (χ2v) is 5.96. The molecule has 3 rings (SSSR count). The lowest BCUT2D eigenvalue weighted by atomic mass is 9.84. The third kappa shape index (κ3) is 2.25. The number of hydrogen-bond donors (Lipinski definition) is 2. The quantitative estimate of drug-likeness (QED) is 0.861. The van der Waals surface area contributed by atoms with E-state index in [4.69, 9.17) is 5.73 Å². The van der Waals surface area contributed by atoms with Crippen molar-refractivity contribution in [1.82, 2.24) is 10.3 Å². The molecule has 2 saturated carbocycles. The monoisotopic (exact) mass is 259 g/mol. The zero-order valence-electron chi connectivity index (χ0n) is 11.3. The van der Waals surface area contributed by atoms with E-state index in [1.807, 2.05) is 19.2 Å². The van der Waals surface area contributed by atoms with Gasteiger partial charge in [0, 0.05) is 25.0 Å². The number of aryl methyl sites for hydroxylation is 1. The summed E-state index contributed by atoms with van der Waals surface area (Å²) in [7, 11) is 0.